The number of hydrogen-bond acceptors (Lipinski definition) is 6. The van der Waals surface area contributed by atoms with Gasteiger partial charge in [0.15, 0.2) is 0 Å². The lowest BCUT2D eigenvalue weighted by Gasteiger charge is -2.52. The number of ether oxygens (including phenoxy) is 1. The molecule has 0 N–H and O–H groups in total. The van der Waals surface area contributed by atoms with Gasteiger partial charge in [0.1, 0.15) is 12.0 Å². The van der Waals surface area contributed by atoms with E-state index in [0.29, 0.717) is 30.1 Å². The molecule has 3 saturated heterocycles. The van der Waals surface area contributed by atoms with Crippen molar-refractivity contribution in [3.63, 3.8) is 0 Å². The molecule has 1 amide bonds. The predicted molar refractivity (Wildman–Crippen MR) is 108 cm³/mol. The van der Waals surface area contributed by atoms with E-state index in [1.54, 1.807) is 6.26 Å². The number of amides is 1. The van der Waals surface area contributed by atoms with Crippen LogP contribution < -0.4 is 0 Å². The second kappa shape index (κ2) is 7.91. The van der Waals surface area contributed by atoms with Gasteiger partial charge in [-0.3, -0.25) is 4.90 Å². The van der Waals surface area contributed by atoms with Gasteiger partial charge in [-0.15, -0.1) is 0 Å². The number of carbonyl (C=O) groups is 1. The Hall–Kier alpha value is -1.60. The van der Waals surface area contributed by atoms with E-state index >= 15 is 0 Å². The van der Waals surface area contributed by atoms with E-state index in [0.717, 1.165) is 25.2 Å². The summed E-state index contributed by atoms with van der Waals surface area (Å²) in [6.45, 7) is 7.71. The Labute approximate surface area is 173 Å². The fourth-order valence-electron chi connectivity index (χ4n) is 6.36. The van der Waals surface area contributed by atoms with Crippen molar-refractivity contribution in [3.05, 3.63) is 18.0 Å². The zero-order valence-corrected chi connectivity index (χ0v) is 17.6. The van der Waals surface area contributed by atoms with Crippen LogP contribution in [0.1, 0.15) is 63.6 Å². The topological polar surface area (TPSA) is 62.1 Å². The molecule has 1 saturated carbocycles. The Morgan fingerprint density at radius 1 is 1.21 bits per heavy atom. The third-order valence-electron chi connectivity index (χ3n) is 7.88. The van der Waals surface area contributed by atoms with Crippen LogP contribution in [-0.2, 0) is 4.74 Å². The number of nitrogens with zero attached hydrogens (tertiary/aromatic N) is 4. The molecule has 4 aliphatic rings. The minimum absolute atomic E-state index is 0.124. The first-order valence-electron chi connectivity index (χ1n) is 11.5. The lowest BCUT2D eigenvalue weighted by atomic mass is 9.64. The lowest BCUT2D eigenvalue weighted by molar-refractivity contribution is -0.0175. The van der Waals surface area contributed by atoms with Crippen molar-refractivity contribution < 1.29 is 14.1 Å². The molecule has 1 aromatic heterocycles. The summed E-state index contributed by atoms with van der Waals surface area (Å²) in [5.41, 5.74) is 1.47. The van der Waals surface area contributed by atoms with Gasteiger partial charge in [0.25, 0.3) is 0 Å². The summed E-state index contributed by atoms with van der Waals surface area (Å²) in [7, 11) is 0. The fraction of sp³-hybridized carbons (Fsp3) is 0.818. The van der Waals surface area contributed by atoms with Gasteiger partial charge in [0, 0.05) is 31.2 Å². The molecule has 7 heteroatoms. The largest absolute Gasteiger partial charge is 0.450 e. The van der Waals surface area contributed by atoms with Crippen molar-refractivity contribution in [1.82, 2.24) is 19.9 Å². The molecule has 1 atom stereocenters. The summed E-state index contributed by atoms with van der Waals surface area (Å²) < 4.78 is 10.3. The number of carbonyl (C=O) groups excluding carboxylic acids is 1. The summed E-state index contributed by atoms with van der Waals surface area (Å²) in [5.74, 6) is 0. The van der Waals surface area contributed by atoms with Crippen molar-refractivity contribution in [3.8, 4) is 0 Å². The standard InChI is InChI=1S/C22H34N4O3/c1-2-28-21(27)25-12-8-22(16-25)14-18(15-22)24-10-5-17(6-11-24)26-9-3-4-20(26)19-7-13-29-23-19/h7,13,17-18,20H,2-6,8-12,14-16H2,1H3. The van der Waals surface area contributed by atoms with Crippen molar-refractivity contribution in [2.75, 3.05) is 39.3 Å². The summed E-state index contributed by atoms with van der Waals surface area (Å²) in [5, 5.41) is 4.22. The molecule has 4 heterocycles. The SMILES string of the molecule is CCOC(=O)N1CCC2(CC(N3CCC(N4CCCC4c4ccon4)CC3)C2)C1. The molecule has 1 spiro atoms. The highest BCUT2D eigenvalue weighted by Gasteiger charge is 2.51. The first-order chi connectivity index (χ1) is 14.2. The van der Waals surface area contributed by atoms with Gasteiger partial charge in [-0.05, 0) is 76.9 Å². The van der Waals surface area contributed by atoms with Gasteiger partial charge in [0.05, 0.1) is 12.6 Å². The van der Waals surface area contributed by atoms with Crippen LogP contribution in [0.5, 0.6) is 0 Å². The van der Waals surface area contributed by atoms with E-state index in [1.165, 1.54) is 58.2 Å². The molecule has 160 valence electrons. The molecule has 29 heavy (non-hydrogen) atoms. The van der Waals surface area contributed by atoms with Crippen LogP contribution in [0.4, 0.5) is 4.79 Å². The zero-order chi connectivity index (χ0) is 19.8. The summed E-state index contributed by atoms with van der Waals surface area (Å²) in [4.78, 5) is 19.3. The normalized spacial score (nSPS) is 34.0. The second-order valence-electron chi connectivity index (χ2n) is 9.52. The molecule has 1 aliphatic carbocycles. The maximum atomic E-state index is 12.0. The van der Waals surface area contributed by atoms with Crippen molar-refractivity contribution in [2.24, 2.45) is 5.41 Å². The van der Waals surface area contributed by atoms with E-state index in [1.807, 2.05) is 17.9 Å². The second-order valence-corrected chi connectivity index (χ2v) is 9.52. The molecule has 4 fully saturated rings. The minimum atomic E-state index is -0.124. The quantitative estimate of drug-likeness (QED) is 0.770. The van der Waals surface area contributed by atoms with E-state index in [4.69, 9.17) is 9.26 Å². The third-order valence-corrected chi connectivity index (χ3v) is 7.88. The molecular formula is C22H34N4O3. The number of likely N-dealkylation sites (tertiary alicyclic amines) is 3. The summed E-state index contributed by atoms with van der Waals surface area (Å²) in [6, 6.07) is 3.87. The van der Waals surface area contributed by atoms with Crippen LogP contribution in [-0.4, -0.2) is 77.4 Å². The highest BCUT2D eigenvalue weighted by Crippen LogP contribution is 2.50. The maximum absolute atomic E-state index is 12.0. The van der Waals surface area contributed by atoms with E-state index in [2.05, 4.69) is 15.0 Å². The zero-order valence-electron chi connectivity index (χ0n) is 17.6. The molecule has 1 aromatic rings. The van der Waals surface area contributed by atoms with E-state index in [-0.39, 0.29) is 6.09 Å². The summed E-state index contributed by atoms with van der Waals surface area (Å²) in [6.07, 6.45) is 10.2. The molecule has 5 rings (SSSR count). The molecule has 0 bridgehead atoms. The van der Waals surface area contributed by atoms with Crippen LogP contribution in [0.25, 0.3) is 0 Å². The van der Waals surface area contributed by atoms with Gasteiger partial charge in [-0.25, -0.2) is 4.79 Å². The van der Waals surface area contributed by atoms with Crippen molar-refractivity contribution in [2.45, 2.75) is 70.0 Å². The third kappa shape index (κ3) is 3.67. The minimum Gasteiger partial charge on any atom is -0.450 e. The number of rotatable bonds is 4. The van der Waals surface area contributed by atoms with E-state index in [9.17, 15) is 4.79 Å². The van der Waals surface area contributed by atoms with Crippen LogP contribution in [0.2, 0.25) is 0 Å². The Balaban J connectivity index is 1.10. The van der Waals surface area contributed by atoms with Crippen molar-refractivity contribution in [1.29, 1.82) is 0 Å². The van der Waals surface area contributed by atoms with Crippen LogP contribution in [0.15, 0.2) is 16.9 Å². The predicted octanol–water partition coefficient (Wildman–Crippen LogP) is 3.29. The highest BCUT2D eigenvalue weighted by atomic mass is 16.6. The number of piperidine rings is 1. The van der Waals surface area contributed by atoms with Gasteiger partial charge in [-0.1, -0.05) is 5.16 Å². The molecular weight excluding hydrogens is 368 g/mol. The van der Waals surface area contributed by atoms with Crippen molar-refractivity contribution >= 4 is 6.09 Å². The average Bonchev–Trinajstić information content (AvgIpc) is 3.47. The smallest absolute Gasteiger partial charge is 0.409 e. The van der Waals surface area contributed by atoms with Gasteiger partial charge in [0.2, 0.25) is 0 Å². The van der Waals surface area contributed by atoms with Crippen LogP contribution in [0.3, 0.4) is 0 Å². The van der Waals surface area contributed by atoms with E-state index < -0.39 is 0 Å². The Morgan fingerprint density at radius 2 is 2.03 bits per heavy atom. The first-order valence-corrected chi connectivity index (χ1v) is 11.5. The molecule has 0 radical (unpaired) electrons. The van der Waals surface area contributed by atoms with Gasteiger partial charge >= 0.3 is 6.09 Å². The molecule has 0 aromatic carbocycles. The number of aromatic nitrogens is 1. The number of hydrogen-bond donors (Lipinski definition) is 0. The molecule has 7 nitrogen and oxygen atoms in total. The van der Waals surface area contributed by atoms with Crippen LogP contribution in [0, 0.1) is 5.41 Å². The summed E-state index contributed by atoms with van der Waals surface area (Å²) >= 11 is 0. The average molecular weight is 403 g/mol. The molecule has 3 aliphatic heterocycles. The monoisotopic (exact) mass is 402 g/mol. The Kier molecular flexibility index (Phi) is 5.28. The maximum Gasteiger partial charge on any atom is 0.409 e. The van der Waals surface area contributed by atoms with Gasteiger partial charge < -0.3 is 19.1 Å². The highest BCUT2D eigenvalue weighted by molar-refractivity contribution is 5.68. The van der Waals surface area contributed by atoms with Crippen LogP contribution >= 0.6 is 0 Å². The first kappa shape index (κ1) is 19.4. The molecule has 1 unspecified atom stereocenters. The Morgan fingerprint density at radius 3 is 2.76 bits per heavy atom. The fourth-order valence-corrected chi connectivity index (χ4v) is 6.36. The van der Waals surface area contributed by atoms with Gasteiger partial charge in [-0.2, -0.15) is 0 Å². The Bertz CT molecular complexity index is 695. The lowest BCUT2D eigenvalue weighted by Crippen LogP contribution is -2.56.